The molecule has 0 spiro atoms. The molecule has 0 bridgehead atoms. The number of hydrogen-bond acceptors (Lipinski definition) is 3. The summed E-state index contributed by atoms with van der Waals surface area (Å²) in [5, 5.41) is 9.41. The number of carboxylic acid groups (broad SMARTS) is 1. The molecule has 0 saturated heterocycles. The fraction of sp³-hybridized carbons (Fsp3) is 0.0556. The van der Waals surface area contributed by atoms with Crippen LogP contribution in [-0.4, -0.2) is 26.3 Å². The number of imidazole rings is 1. The summed E-state index contributed by atoms with van der Waals surface area (Å²) in [4.78, 5) is 19.6. The van der Waals surface area contributed by atoms with Crippen molar-refractivity contribution in [3.05, 3.63) is 80.9 Å². The molecular formula is C18H9Cl2F2N3O2. The molecule has 1 aliphatic heterocycles. The normalized spacial score (nSPS) is 12.8. The van der Waals surface area contributed by atoms with Crippen molar-refractivity contribution in [3.63, 3.8) is 0 Å². The van der Waals surface area contributed by atoms with Crippen molar-refractivity contribution in [2.24, 2.45) is 4.99 Å². The second kappa shape index (κ2) is 6.44. The Bertz CT molecular complexity index is 1120. The van der Waals surface area contributed by atoms with Gasteiger partial charge in [-0.3, -0.25) is 4.99 Å². The Morgan fingerprint density at radius 1 is 1.11 bits per heavy atom. The van der Waals surface area contributed by atoms with Crippen molar-refractivity contribution in [2.45, 2.75) is 6.54 Å². The highest BCUT2D eigenvalue weighted by atomic mass is 35.5. The zero-order valence-electron chi connectivity index (χ0n) is 13.4. The molecule has 27 heavy (non-hydrogen) atoms. The van der Waals surface area contributed by atoms with Gasteiger partial charge in [0.25, 0.3) is 0 Å². The summed E-state index contributed by atoms with van der Waals surface area (Å²) in [6.07, 6.45) is 1.30. The Kier molecular flexibility index (Phi) is 4.20. The minimum atomic E-state index is -1.21. The summed E-state index contributed by atoms with van der Waals surface area (Å²) >= 11 is 12.5. The number of aromatic carboxylic acids is 1. The summed E-state index contributed by atoms with van der Waals surface area (Å²) in [7, 11) is 0. The number of aromatic nitrogens is 2. The van der Waals surface area contributed by atoms with E-state index in [-0.39, 0.29) is 39.1 Å². The van der Waals surface area contributed by atoms with Gasteiger partial charge in [-0.2, -0.15) is 0 Å². The van der Waals surface area contributed by atoms with Gasteiger partial charge in [0, 0.05) is 11.8 Å². The van der Waals surface area contributed by atoms with E-state index in [2.05, 4.69) is 9.98 Å². The third kappa shape index (κ3) is 2.79. The maximum absolute atomic E-state index is 14.4. The molecule has 0 amide bonds. The number of nitrogens with zero attached hydrogens (tertiary/aromatic N) is 3. The lowest BCUT2D eigenvalue weighted by Crippen LogP contribution is -2.12. The minimum Gasteiger partial charge on any atom is -0.476 e. The predicted octanol–water partition coefficient (Wildman–Crippen LogP) is 4.51. The van der Waals surface area contributed by atoms with Crippen molar-refractivity contribution in [2.75, 3.05) is 0 Å². The highest BCUT2D eigenvalue weighted by Crippen LogP contribution is 2.36. The second-order valence-electron chi connectivity index (χ2n) is 5.73. The molecule has 2 aromatic carbocycles. The zero-order chi connectivity index (χ0) is 19.3. The first-order chi connectivity index (χ1) is 12.9. The third-order valence-corrected chi connectivity index (χ3v) is 4.95. The van der Waals surface area contributed by atoms with E-state index in [0.29, 0.717) is 11.5 Å². The van der Waals surface area contributed by atoms with Crippen LogP contribution in [0.1, 0.15) is 27.4 Å². The van der Waals surface area contributed by atoms with Crippen molar-refractivity contribution in [1.82, 2.24) is 9.55 Å². The fourth-order valence-electron chi connectivity index (χ4n) is 2.97. The maximum Gasteiger partial charge on any atom is 0.356 e. The van der Waals surface area contributed by atoms with E-state index in [1.165, 1.54) is 22.9 Å². The first kappa shape index (κ1) is 17.6. The van der Waals surface area contributed by atoms with Crippen LogP contribution in [0.3, 0.4) is 0 Å². The van der Waals surface area contributed by atoms with Gasteiger partial charge in [0.05, 0.1) is 33.6 Å². The molecular weight excluding hydrogens is 399 g/mol. The van der Waals surface area contributed by atoms with E-state index in [0.717, 1.165) is 12.1 Å². The van der Waals surface area contributed by atoms with Gasteiger partial charge < -0.3 is 9.67 Å². The number of carbonyl (C=O) groups is 1. The highest BCUT2D eigenvalue weighted by Gasteiger charge is 2.28. The van der Waals surface area contributed by atoms with Crippen LogP contribution in [0.2, 0.25) is 10.0 Å². The number of aliphatic imine (C=N–C) groups is 1. The molecule has 9 heteroatoms. The van der Waals surface area contributed by atoms with E-state index in [9.17, 15) is 18.7 Å². The Morgan fingerprint density at radius 2 is 1.81 bits per heavy atom. The Balaban J connectivity index is 2.06. The smallest absolute Gasteiger partial charge is 0.356 e. The molecule has 0 aliphatic carbocycles. The van der Waals surface area contributed by atoms with Crippen LogP contribution in [0, 0.1) is 11.6 Å². The van der Waals surface area contributed by atoms with Crippen molar-refractivity contribution >= 4 is 34.9 Å². The minimum absolute atomic E-state index is 0.0181. The molecule has 2 heterocycles. The van der Waals surface area contributed by atoms with Gasteiger partial charge in [-0.25, -0.2) is 18.6 Å². The number of benzene rings is 2. The molecule has 0 unspecified atom stereocenters. The first-order valence-corrected chi connectivity index (χ1v) is 8.43. The molecule has 1 aliphatic rings. The molecule has 0 fully saturated rings. The zero-order valence-corrected chi connectivity index (χ0v) is 14.9. The van der Waals surface area contributed by atoms with Gasteiger partial charge in [-0.15, -0.1) is 0 Å². The van der Waals surface area contributed by atoms with Crippen LogP contribution in [0.5, 0.6) is 0 Å². The van der Waals surface area contributed by atoms with Crippen molar-refractivity contribution < 1.29 is 18.7 Å². The fourth-order valence-corrected chi connectivity index (χ4v) is 3.37. The number of hydrogen-bond donors (Lipinski definition) is 1. The molecule has 1 N–H and O–H groups in total. The SMILES string of the molecule is O=C(O)c1cn2c(n1)CN=C(c1c(F)cccc1F)c1c-2ccc(Cl)c1Cl. The topological polar surface area (TPSA) is 67.5 Å². The highest BCUT2D eigenvalue weighted by molar-refractivity contribution is 6.45. The molecule has 4 rings (SSSR count). The second-order valence-corrected chi connectivity index (χ2v) is 6.52. The van der Waals surface area contributed by atoms with Crippen LogP contribution in [0.15, 0.2) is 41.5 Å². The van der Waals surface area contributed by atoms with Crippen molar-refractivity contribution in [3.8, 4) is 5.69 Å². The van der Waals surface area contributed by atoms with Crippen LogP contribution >= 0.6 is 23.2 Å². The summed E-state index contributed by atoms with van der Waals surface area (Å²) in [5.41, 5.74) is 0.0277. The predicted molar refractivity (Wildman–Crippen MR) is 96.2 cm³/mol. The van der Waals surface area contributed by atoms with E-state index >= 15 is 0 Å². The first-order valence-electron chi connectivity index (χ1n) is 7.67. The molecule has 0 atom stereocenters. The van der Waals surface area contributed by atoms with Crippen LogP contribution in [0.4, 0.5) is 8.78 Å². The summed E-state index contributed by atoms with van der Waals surface area (Å²) < 4.78 is 30.3. The van der Waals surface area contributed by atoms with Crippen LogP contribution in [-0.2, 0) is 6.54 Å². The van der Waals surface area contributed by atoms with E-state index < -0.39 is 17.6 Å². The molecule has 1 aromatic heterocycles. The van der Waals surface area contributed by atoms with Gasteiger partial charge in [-0.1, -0.05) is 29.3 Å². The number of fused-ring (bicyclic) bond motifs is 3. The average Bonchev–Trinajstić information content (AvgIpc) is 2.98. The molecule has 3 aromatic rings. The monoisotopic (exact) mass is 407 g/mol. The quantitative estimate of drug-likeness (QED) is 0.679. The lowest BCUT2D eigenvalue weighted by molar-refractivity contribution is 0.0691. The number of rotatable bonds is 2. The standard InChI is InChI=1S/C18H9Cl2F2N3O2/c19-8-4-5-12-15(16(8)20)17(14-9(21)2-1-3-10(14)22)23-6-13-24-11(18(26)27)7-25(12)13/h1-5,7H,6H2,(H,26,27). The lowest BCUT2D eigenvalue weighted by atomic mass is 9.99. The van der Waals surface area contributed by atoms with Crippen molar-refractivity contribution in [1.29, 1.82) is 0 Å². The molecule has 5 nitrogen and oxygen atoms in total. The number of halogens is 4. The van der Waals surface area contributed by atoms with E-state index in [1.54, 1.807) is 6.07 Å². The Labute approximate surface area is 161 Å². The van der Waals surface area contributed by atoms with E-state index in [4.69, 9.17) is 23.2 Å². The van der Waals surface area contributed by atoms with E-state index in [1.807, 2.05) is 0 Å². The van der Waals surface area contributed by atoms with Gasteiger partial charge in [0.1, 0.15) is 17.5 Å². The summed E-state index contributed by atoms with van der Waals surface area (Å²) in [5.74, 6) is -2.52. The van der Waals surface area contributed by atoms with Gasteiger partial charge >= 0.3 is 5.97 Å². The maximum atomic E-state index is 14.4. The van der Waals surface area contributed by atoms with Crippen LogP contribution in [0.25, 0.3) is 5.69 Å². The third-order valence-electron chi connectivity index (χ3n) is 4.15. The summed E-state index contributed by atoms with van der Waals surface area (Å²) in [6.45, 7) is -0.0982. The largest absolute Gasteiger partial charge is 0.476 e. The molecule has 0 saturated carbocycles. The number of carboxylic acids is 1. The Morgan fingerprint density at radius 3 is 2.48 bits per heavy atom. The average molecular weight is 408 g/mol. The molecule has 0 radical (unpaired) electrons. The van der Waals surface area contributed by atoms with Gasteiger partial charge in [-0.05, 0) is 24.3 Å². The van der Waals surface area contributed by atoms with Gasteiger partial charge in [0.15, 0.2) is 5.69 Å². The van der Waals surface area contributed by atoms with Crippen LogP contribution < -0.4 is 0 Å². The van der Waals surface area contributed by atoms with Gasteiger partial charge in [0.2, 0.25) is 0 Å². The lowest BCUT2D eigenvalue weighted by Gasteiger charge is -2.15. The Hall–Kier alpha value is -2.77. The molecule has 136 valence electrons. The summed E-state index contributed by atoms with van der Waals surface area (Å²) in [6, 6.07) is 6.56.